The van der Waals surface area contributed by atoms with E-state index < -0.39 is 0 Å². The molecule has 0 spiro atoms. The summed E-state index contributed by atoms with van der Waals surface area (Å²) in [4.78, 5) is 12.8. The molecular weight excluding hydrogens is 450 g/mol. The topological polar surface area (TPSA) is 122 Å². The second kappa shape index (κ2) is 8.85. The molecular formula is C27H27N9. The van der Waals surface area contributed by atoms with E-state index in [0.717, 1.165) is 90.5 Å². The highest BCUT2D eigenvalue weighted by atomic mass is 15.1. The molecule has 2 aromatic carbocycles. The quantitative estimate of drug-likeness (QED) is 0.266. The molecule has 3 aliphatic heterocycles. The lowest BCUT2D eigenvalue weighted by atomic mass is 10.0. The van der Waals surface area contributed by atoms with Crippen LogP contribution in [0.1, 0.15) is 29.9 Å². The average molecular weight is 478 g/mol. The molecule has 0 bridgehead atoms. The molecule has 0 saturated heterocycles. The second-order valence-electron chi connectivity index (χ2n) is 9.39. The van der Waals surface area contributed by atoms with Gasteiger partial charge in [-0.25, -0.2) is 4.98 Å². The molecule has 0 amide bonds. The molecule has 9 heteroatoms. The highest BCUT2D eigenvalue weighted by molar-refractivity contribution is 6.11. The van der Waals surface area contributed by atoms with E-state index in [4.69, 9.17) is 4.99 Å². The summed E-state index contributed by atoms with van der Waals surface area (Å²) >= 11 is 0. The van der Waals surface area contributed by atoms with Gasteiger partial charge in [0.15, 0.2) is 5.82 Å². The molecule has 8 rings (SSSR count). The van der Waals surface area contributed by atoms with Crippen LogP contribution in [-0.4, -0.2) is 55.7 Å². The molecule has 0 unspecified atom stereocenters. The molecule has 5 aromatic rings. The van der Waals surface area contributed by atoms with Crippen LogP contribution in [0.15, 0.2) is 64.8 Å². The van der Waals surface area contributed by atoms with Crippen molar-refractivity contribution >= 4 is 27.5 Å². The van der Waals surface area contributed by atoms with Crippen LogP contribution in [0.3, 0.4) is 0 Å². The first kappa shape index (κ1) is 21.2. The largest absolute Gasteiger partial charge is 0.339 e. The fourth-order valence-electron chi connectivity index (χ4n) is 5.22. The number of aromatic nitrogens is 6. The van der Waals surface area contributed by atoms with Gasteiger partial charge in [-0.05, 0) is 17.7 Å². The van der Waals surface area contributed by atoms with E-state index in [2.05, 4.69) is 59.2 Å². The van der Waals surface area contributed by atoms with Gasteiger partial charge in [0.05, 0.1) is 28.1 Å². The monoisotopic (exact) mass is 477 g/mol. The predicted octanol–water partition coefficient (Wildman–Crippen LogP) is 3.60. The molecule has 0 radical (unpaired) electrons. The molecule has 6 heterocycles. The first-order valence-corrected chi connectivity index (χ1v) is 12.5. The zero-order chi connectivity index (χ0) is 23.9. The predicted molar refractivity (Wildman–Crippen MR) is 141 cm³/mol. The highest BCUT2D eigenvalue weighted by Crippen LogP contribution is 2.29. The molecule has 5 N–H and O–H groups in total. The summed E-state index contributed by atoms with van der Waals surface area (Å²) in [6.45, 7) is 3.88. The van der Waals surface area contributed by atoms with Gasteiger partial charge in [0, 0.05) is 61.9 Å². The number of imidazole rings is 1. The van der Waals surface area contributed by atoms with Gasteiger partial charge in [-0.2, -0.15) is 10.2 Å². The molecule has 3 aliphatic rings. The number of H-pyrrole nitrogens is 3. The summed E-state index contributed by atoms with van der Waals surface area (Å²) in [6.07, 6.45) is 2.96. The van der Waals surface area contributed by atoms with Crippen LogP contribution in [0.4, 0.5) is 0 Å². The van der Waals surface area contributed by atoms with Crippen LogP contribution in [0.5, 0.6) is 0 Å². The van der Waals surface area contributed by atoms with E-state index in [0.29, 0.717) is 0 Å². The molecule has 9 nitrogen and oxygen atoms in total. The zero-order valence-corrected chi connectivity index (χ0v) is 19.9. The highest BCUT2D eigenvalue weighted by Gasteiger charge is 2.23. The Labute approximate surface area is 207 Å². The van der Waals surface area contributed by atoms with E-state index >= 15 is 0 Å². The minimum Gasteiger partial charge on any atom is -0.339 e. The van der Waals surface area contributed by atoms with E-state index in [-0.39, 0.29) is 0 Å². The van der Waals surface area contributed by atoms with Crippen molar-refractivity contribution in [1.82, 2.24) is 41.0 Å². The number of para-hydroxylation sites is 2. The van der Waals surface area contributed by atoms with Crippen LogP contribution in [0, 0.1) is 0 Å². The number of hydrogen-bond acceptors (Lipinski definition) is 6. The molecule has 0 aliphatic carbocycles. The number of hydrogen-bond donors (Lipinski definition) is 5. The lowest BCUT2D eigenvalue weighted by Gasteiger charge is -2.12. The minimum absolute atomic E-state index is 0.862. The normalized spacial score (nSPS) is 17.1. The third-order valence-electron chi connectivity index (χ3n) is 7.08. The van der Waals surface area contributed by atoms with E-state index in [9.17, 15) is 0 Å². The maximum absolute atomic E-state index is 4.78. The minimum atomic E-state index is 0.862. The van der Waals surface area contributed by atoms with Crippen molar-refractivity contribution in [3.63, 3.8) is 0 Å². The summed E-state index contributed by atoms with van der Waals surface area (Å²) in [7, 11) is 0. The maximum atomic E-state index is 4.78. The van der Waals surface area contributed by atoms with Gasteiger partial charge in [-0.15, -0.1) is 0 Å². The number of aromatic amines is 3. The van der Waals surface area contributed by atoms with E-state index in [1.807, 2.05) is 30.3 Å². The Hall–Kier alpha value is -4.08. The fourth-order valence-corrected chi connectivity index (χ4v) is 5.22. The number of aliphatic imine (C=N–C) groups is 1. The van der Waals surface area contributed by atoms with Crippen molar-refractivity contribution in [2.45, 2.75) is 25.8 Å². The van der Waals surface area contributed by atoms with Gasteiger partial charge in [-0.1, -0.05) is 36.4 Å². The maximum Gasteiger partial charge on any atom is 0.159 e. The molecule has 36 heavy (non-hydrogen) atoms. The van der Waals surface area contributed by atoms with Crippen molar-refractivity contribution in [3.8, 4) is 11.5 Å². The summed E-state index contributed by atoms with van der Waals surface area (Å²) in [5, 5.41) is 23.9. The van der Waals surface area contributed by atoms with E-state index in [1.165, 1.54) is 22.4 Å². The Morgan fingerprint density at radius 3 is 2.19 bits per heavy atom. The lowest BCUT2D eigenvalue weighted by molar-refractivity contribution is 0.627. The van der Waals surface area contributed by atoms with Crippen LogP contribution >= 0.6 is 0 Å². The van der Waals surface area contributed by atoms with Crippen molar-refractivity contribution in [2.75, 3.05) is 19.6 Å². The van der Waals surface area contributed by atoms with Gasteiger partial charge in [-0.3, -0.25) is 15.2 Å². The number of benzene rings is 2. The third-order valence-corrected chi connectivity index (χ3v) is 7.08. The average Bonchev–Trinajstić information content (AvgIpc) is 3.71. The summed E-state index contributed by atoms with van der Waals surface area (Å²) < 4.78 is 0. The van der Waals surface area contributed by atoms with Crippen molar-refractivity contribution in [1.29, 1.82) is 0 Å². The van der Waals surface area contributed by atoms with Crippen LogP contribution < -0.4 is 10.6 Å². The molecule has 0 atom stereocenters. The summed E-state index contributed by atoms with van der Waals surface area (Å²) in [5.74, 6) is 0.862. The van der Waals surface area contributed by atoms with Crippen molar-refractivity contribution in [3.05, 3.63) is 76.9 Å². The van der Waals surface area contributed by atoms with Gasteiger partial charge in [0.1, 0.15) is 11.4 Å². The Morgan fingerprint density at radius 1 is 0.722 bits per heavy atom. The SMILES string of the molecule is c1ccc2c(-c3nc4c([nH]3)CNCC4)n[nH]c2c1.c1ccc2c(C3=NC4=C(CNCC4)C3)n[nH]c2c1. The van der Waals surface area contributed by atoms with Gasteiger partial charge in [0.2, 0.25) is 0 Å². The third kappa shape index (κ3) is 3.73. The van der Waals surface area contributed by atoms with Crippen LogP contribution in [-0.2, 0) is 13.0 Å². The van der Waals surface area contributed by atoms with Crippen molar-refractivity contribution < 1.29 is 0 Å². The van der Waals surface area contributed by atoms with Gasteiger partial charge in [0.25, 0.3) is 0 Å². The first-order valence-electron chi connectivity index (χ1n) is 12.5. The smallest absolute Gasteiger partial charge is 0.159 e. The molecule has 0 fully saturated rings. The van der Waals surface area contributed by atoms with Gasteiger partial charge >= 0.3 is 0 Å². The zero-order valence-electron chi connectivity index (χ0n) is 19.9. The molecule has 180 valence electrons. The number of nitrogens with one attached hydrogen (secondary N) is 5. The van der Waals surface area contributed by atoms with Crippen LogP contribution in [0.2, 0.25) is 0 Å². The molecule has 0 saturated carbocycles. The Bertz CT molecular complexity index is 1610. The van der Waals surface area contributed by atoms with Crippen molar-refractivity contribution in [2.24, 2.45) is 4.99 Å². The number of nitrogens with zero attached hydrogens (tertiary/aromatic N) is 4. The standard InChI is InChI=1S/C14H14N4.C13H13N5/c1-2-4-12-10(3-1)14(18-17-12)13-7-9-8-15-6-5-11(9)16-13;1-2-4-9-8(3-1)12(18-17-9)13-15-10-5-6-14-7-11(10)16-13/h1-4,15H,5-8H2,(H,17,18);1-4,14H,5-7H2,(H,15,16)(H,17,18). The Balaban J connectivity index is 0.000000122. The summed E-state index contributed by atoms with van der Waals surface area (Å²) in [6, 6.07) is 16.3. The first-order chi connectivity index (χ1) is 17.8. The lowest BCUT2D eigenvalue weighted by Crippen LogP contribution is -2.23. The van der Waals surface area contributed by atoms with Gasteiger partial charge < -0.3 is 15.6 Å². The fraction of sp³-hybridized carbons (Fsp3) is 0.259. The van der Waals surface area contributed by atoms with E-state index in [1.54, 1.807) is 0 Å². The Morgan fingerprint density at radius 2 is 1.42 bits per heavy atom. The number of fused-ring (bicyclic) bond motifs is 3. The summed E-state index contributed by atoms with van der Waals surface area (Å²) in [5.41, 5.74) is 10.2. The second-order valence-corrected chi connectivity index (χ2v) is 9.39. The number of rotatable bonds is 2. The van der Waals surface area contributed by atoms with Crippen LogP contribution in [0.25, 0.3) is 33.3 Å². The molecule has 3 aromatic heterocycles. The Kier molecular flexibility index (Phi) is 5.22.